The molecule has 0 aliphatic heterocycles. The molecule has 0 saturated heterocycles. The van der Waals surface area contributed by atoms with E-state index >= 15 is 0 Å². The molecule has 0 saturated carbocycles. The van der Waals surface area contributed by atoms with Crippen LogP contribution in [0.3, 0.4) is 0 Å². The smallest absolute Gasteiger partial charge is 0.317 e. The zero-order valence-electron chi connectivity index (χ0n) is 10.4. The lowest BCUT2D eigenvalue weighted by Crippen LogP contribution is -2.19. The molecule has 0 bridgehead atoms. The summed E-state index contributed by atoms with van der Waals surface area (Å²) in [5, 5.41) is 7.55. The highest BCUT2D eigenvalue weighted by Gasteiger charge is 2.06. The van der Waals surface area contributed by atoms with Gasteiger partial charge in [0, 0.05) is 6.42 Å². The maximum atomic E-state index is 11.0. The standard InChI is InChI=1S/C9H9N3O2.C3H8/c1-2-9(13)14-12-8-6-4-3-5-7(8)10-11-12;1-3-2/h3-6H,2H2,1H3;3H2,1-2H3. The number of fused-ring (bicyclic) bond motifs is 1. The Balaban J connectivity index is 0.000000437. The second kappa shape index (κ2) is 6.62. The zero-order chi connectivity index (χ0) is 12.7. The van der Waals surface area contributed by atoms with Gasteiger partial charge in [-0.15, -0.1) is 5.10 Å². The van der Waals surface area contributed by atoms with E-state index in [0.29, 0.717) is 17.5 Å². The van der Waals surface area contributed by atoms with Crippen LogP contribution in [0.1, 0.15) is 33.6 Å². The average Bonchev–Trinajstić information content (AvgIpc) is 2.74. The van der Waals surface area contributed by atoms with Crippen LogP contribution in [0.5, 0.6) is 0 Å². The van der Waals surface area contributed by atoms with Crippen molar-refractivity contribution in [3.8, 4) is 0 Å². The molecule has 0 fully saturated rings. The van der Waals surface area contributed by atoms with Crippen LogP contribution >= 0.6 is 0 Å². The summed E-state index contributed by atoms with van der Waals surface area (Å²) in [6.45, 7) is 5.97. The van der Waals surface area contributed by atoms with E-state index in [4.69, 9.17) is 4.84 Å². The third-order valence-electron chi connectivity index (χ3n) is 1.80. The number of benzene rings is 1. The van der Waals surface area contributed by atoms with Gasteiger partial charge in [0.05, 0.1) is 0 Å². The molecular weight excluding hydrogens is 218 g/mol. The van der Waals surface area contributed by atoms with Gasteiger partial charge in [0.2, 0.25) is 0 Å². The Kier molecular flexibility index (Phi) is 5.13. The molecule has 5 heteroatoms. The van der Waals surface area contributed by atoms with Crippen LogP contribution in [0.15, 0.2) is 24.3 Å². The summed E-state index contributed by atoms with van der Waals surface area (Å²) in [4.78, 5) is 17.1. The van der Waals surface area contributed by atoms with Crippen LogP contribution in [0.2, 0.25) is 0 Å². The highest BCUT2D eigenvalue weighted by molar-refractivity contribution is 5.75. The molecule has 1 heterocycles. The number of carbonyl (C=O) groups is 1. The van der Waals surface area contributed by atoms with Gasteiger partial charge >= 0.3 is 5.97 Å². The van der Waals surface area contributed by atoms with Crippen molar-refractivity contribution < 1.29 is 9.63 Å². The number of nitrogens with zero attached hydrogens (tertiary/aromatic N) is 3. The van der Waals surface area contributed by atoms with Crippen LogP contribution in [0.25, 0.3) is 11.0 Å². The van der Waals surface area contributed by atoms with E-state index in [-0.39, 0.29) is 5.97 Å². The van der Waals surface area contributed by atoms with Crippen LogP contribution in [0, 0.1) is 0 Å². The molecule has 2 aromatic rings. The third-order valence-corrected chi connectivity index (χ3v) is 1.80. The van der Waals surface area contributed by atoms with E-state index < -0.39 is 0 Å². The molecule has 1 aromatic carbocycles. The number of carbonyl (C=O) groups excluding carboxylic acids is 1. The minimum absolute atomic E-state index is 0.314. The fraction of sp³-hybridized carbons (Fsp3) is 0.417. The van der Waals surface area contributed by atoms with Gasteiger partial charge in [0.15, 0.2) is 0 Å². The van der Waals surface area contributed by atoms with Crippen molar-refractivity contribution in [2.75, 3.05) is 0 Å². The van der Waals surface area contributed by atoms with Crippen molar-refractivity contribution in [3.05, 3.63) is 24.3 Å². The monoisotopic (exact) mass is 235 g/mol. The average molecular weight is 235 g/mol. The van der Waals surface area contributed by atoms with Crippen molar-refractivity contribution in [1.82, 2.24) is 15.2 Å². The molecule has 0 spiro atoms. The number of aromatic nitrogens is 3. The van der Waals surface area contributed by atoms with Crippen molar-refractivity contribution in [2.24, 2.45) is 0 Å². The Hall–Kier alpha value is -1.91. The molecule has 2 rings (SSSR count). The summed E-state index contributed by atoms with van der Waals surface area (Å²) < 4.78 is 0. The first-order valence-corrected chi connectivity index (χ1v) is 5.74. The molecule has 0 radical (unpaired) electrons. The predicted octanol–water partition coefficient (Wildman–Crippen LogP) is 2.21. The second-order valence-electron chi connectivity index (χ2n) is 3.48. The topological polar surface area (TPSA) is 57.0 Å². The molecule has 92 valence electrons. The van der Waals surface area contributed by atoms with Crippen molar-refractivity contribution >= 4 is 17.0 Å². The van der Waals surface area contributed by atoms with Crippen LogP contribution in [0.4, 0.5) is 0 Å². The Labute approximate surface area is 100 Å². The quantitative estimate of drug-likeness (QED) is 0.749. The van der Waals surface area contributed by atoms with Crippen LogP contribution in [-0.4, -0.2) is 21.1 Å². The van der Waals surface area contributed by atoms with E-state index in [1.54, 1.807) is 19.1 Å². The van der Waals surface area contributed by atoms with E-state index in [0.717, 1.165) is 4.85 Å². The van der Waals surface area contributed by atoms with Gasteiger partial charge in [-0.1, -0.05) is 44.2 Å². The first-order chi connectivity index (χ1) is 8.22. The summed E-state index contributed by atoms with van der Waals surface area (Å²) in [6, 6.07) is 7.28. The first kappa shape index (κ1) is 13.2. The molecule has 1 aromatic heterocycles. The zero-order valence-corrected chi connectivity index (χ0v) is 10.4. The number of hydrogen-bond acceptors (Lipinski definition) is 4. The summed E-state index contributed by atoms with van der Waals surface area (Å²) in [7, 11) is 0. The van der Waals surface area contributed by atoms with Crippen molar-refractivity contribution in [3.63, 3.8) is 0 Å². The summed E-state index contributed by atoms with van der Waals surface area (Å²) in [5.74, 6) is -0.333. The third kappa shape index (κ3) is 3.55. The predicted molar refractivity (Wildman–Crippen MR) is 65.4 cm³/mol. The molecule has 0 unspecified atom stereocenters. The number of hydrogen-bond donors (Lipinski definition) is 0. The summed E-state index contributed by atoms with van der Waals surface area (Å²) in [6.07, 6.45) is 1.56. The first-order valence-electron chi connectivity index (χ1n) is 5.74. The summed E-state index contributed by atoms with van der Waals surface area (Å²) >= 11 is 0. The van der Waals surface area contributed by atoms with Crippen molar-refractivity contribution in [1.29, 1.82) is 0 Å². The van der Waals surface area contributed by atoms with Crippen LogP contribution in [-0.2, 0) is 4.79 Å². The lowest BCUT2D eigenvalue weighted by Gasteiger charge is -1.99. The van der Waals surface area contributed by atoms with Gasteiger partial charge in [-0.3, -0.25) is 0 Å². The SMILES string of the molecule is CCC.CCC(=O)On1nnc2ccccc21. The highest BCUT2D eigenvalue weighted by Crippen LogP contribution is 2.07. The van der Waals surface area contributed by atoms with Crippen molar-refractivity contribution in [2.45, 2.75) is 33.6 Å². The van der Waals surface area contributed by atoms with Gasteiger partial charge in [-0.05, 0) is 17.3 Å². The van der Waals surface area contributed by atoms with Gasteiger partial charge in [0.25, 0.3) is 0 Å². The number of para-hydroxylation sites is 1. The summed E-state index contributed by atoms with van der Waals surface area (Å²) in [5.41, 5.74) is 1.39. The number of rotatable bonds is 2. The maximum absolute atomic E-state index is 11.0. The second-order valence-corrected chi connectivity index (χ2v) is 3.48. The molecule has 0 N–H and O–H groups in total. The minimum Gasteiger partial charge on any atom is -0.317 e. The molecule has 17 heavy (non-hydrogen) atoms. The van der Waals surface area contributed by atoms with E-state index in [2.05, 4.69) is 24.2 Å². The normalized spacial score (nSPS) is 9.59. The maximum Gasteiger partial charge on any atom is 0.334 e. The molecule has 5 nitrogen and oxygen atoms in total. The Bertz CT molecular complexity index is 479. The largest absolute Gasteiger partial charge is 0.334 e. The minimum atomic E-state index is -0.333. The molecule has 0 atom stereocenters. The van der Waals surface area contributed by atoms with Gasteiger partial charge in [-0.25, -0.2) is 4.79 Å². The molecule has 0 aliphatic carbocycles. The van der Waals surface area contributed by atoms with E-state index in [1.165, 1.54) is 6.42 Å². The Morgan fingerprint density at radius 1 is 1.29 bits per heavy atom. The van der Waals surface area contributed by atoms with Crippen LogP contribution < -0.4 is 4.84 Å². The molecule has 0 amide bonds. The van der Waals surface area contributed by atoms with E-state index in [1.807, 2.05) is 12.1 Å². The lowest BCUT2D eigenvalue weighted by atomic mass is 10.3. The molecule has 0 aliphatic rings. The fourth-order valence-electron chi connectivity index (χ4n) is 1.08. The Morgan fingerprint density at radius 3 is 2.59 bits per heavy atom. The lowest BCUT2D eigenvalue weighted by molar-refractivity contribution is -0.145. The van der Waals surface area contributed by atoms with Gasteiger partial charge < -0.3 is 4.84 Å². The van der Waals surface area contributed by atoms with Gasteiger partial charge in [-0.2, -0.15) is 0 Å². The molecular formula is C12H17N3O2. The van der Waals surface area contributed by atoms with E-state index in [9.17, 15) is 4.79 Å². The fourth-order valence-corrected chi connectivity index (χ4v) is 1.08. The highest BCUT2D eigenvalue weighted by atomic mass is 16.7. The van der Waals surface area contributed by atoms with Gasteiger partial charge in [0.1, 0.15) is 11.0 Å². The Morgan fingerprint density at radius 2 is 1.94 bits per heavy atom.